The number of hydrogen-bond acceptors (Lipinski definition) is 3. The highest BCUT2D eigenvalue weighted by atomic mass is 16.6. The van der Waals surface area contributed by atoms with Crippen molar-refractivity contribution in [1.82, 2.24) is 5.32 Å². The van der Waals surface area contributed by atoms with E-state index >= 15 is 0 Å². The Balaban J connectivity index is 2.28. The first-order valence-corrected chi connectivity index (χ1v) is 3.84. The summed E-state index contributed by atoms with van der Waals surface area (Å²) in [6.45, 7) is 0. The molecule has 0 saturated carbocycles. The molecular formula is C9H7NO3. The molecule has 1 aliphatic rings. The number of cyclic esters (lactones) is 2. The van der Waals surface area contributed by atoms with Gasteiger partial charge in [0.05, 0.1) is 0 Å². The number of alkyl carbamates (subject to hydrolysis) is 1. The standard InChI is InChI=1S/C9H7NO3/c11-8-7(10-9(12)13-8)6-4-2-1-3-5-6/h1-5,7H,(H,10,12)/t7-/m1/s1. The van der Waals surface area contributed by atoms with E-state index in [-0.39, 0.29) is 0 Å². The predicted molar refractivity (Wildman–Crippen MR) is 43.8 cm³/mol. The second-order valence-electron chi connectivity index (χ2n) is 2.70. The van der Waals surface area contributed by atoms with Crippen molar-refractivity contribution in [3.63, 3.8) is 0 Å². The average molecular weight is 177 g/mol. The lowest BCUT2D eigenvalue weighted by Gasteiger charge is -2.03. The van der Waals surface area contributed by atoms with Gasteiger partial charge in [0.1, 0.15) is 0 Å². The highest BCUT2D eigenvalue weighted by Crippen LogP contribution is 2.18. The highest BCUT2D eigenvalue weighted by Gasteiger charge is 2.33. The van der Waals surface area contributed by atoms with E-state index in [1.807, 2.05) is 6.07 Å². The Morgan fingerprint density at radius 1 is 1.15 bits per heavy atom. The number of carbonyl (C=O) groups excluding carboxylic acids is 2. The van der Waals surface area contributed by atoms with Gasteiger partial charge in [-0.25, -0.2) is 9.59 Å². The summed E-state index contributed by atoms with van der Waals surface area (Å²) in [4.78, 5) is 21.8. The molecule has 0 radical (unpaired) electrons. The van der Waals surface area contributed by atoms with Gasteiger partial charge in [0.2, 0.25) is 0 Å². The van der Waals surface area contributed by atoms with Crippen LogP contribution >= 0.6 is 0 Å². The van der Waals surface area contributed by atoms with E-state index < -0.39 is 18.1 Å². The summed E-state index contributed by atoms with van der Waals surface area (Å²) in [5, 5.41) is 2.41. The molecule has 13 heavy (non-hydrogen) atoms. The van der Waals surface area contributed by atoms with Gasteiger partial charge >= 0.3 is 12.1 Å². The average Bonchev–Trinajstić information content (AvgIpc) is 2.47. The minimum Gasteiger partial charge on any atom is -0.374 e. The molecule has 1 fully saturated rings. The molecule has 1 atom stereocenters. The lowest BCUT2D eigenvalue weighted by atomic mass is 10.1. The zero-order chi connectivity index (χ0) is 9.26. The Morgan fingerprint density at radius 3 is 2.38 bits per heavy atom. The molecule has 0 unspecified atom stereocenters. The number of nitrogens with one attached hydrogen (secondary N) is 1. The maximum atomic E-state index is 11.1. The van der Waals surface area contributed by atoms with Crippen molar-refractivity contribution >= 4 is 12.1 Å². The van der Waals surface area contributed by atoms with Crippen LogP contribution < -0.4 is 5.32 Å². The first-order valence-electron chi connectivity index (χ1n) is 3.84. The molecule has 4 heteroatoms. The molecule has 1 aliphatic heterocycles. The topological polar surface area (TPSA) is 55.4 Å². The molecule has 0 aromatic heterocycles. The monoisotopic (exact) mass is 177 g/mol. The van der Waals surface area contributed by atoms with Crippen LogP contribution in [0, 0.1) is 0 Å². The van der Waals surface area contributed by atoms with Gasteiger partial charge in [-0.15, -0.1) is 0 Å². The second kappa shape index (κ2) is 2.90. The van der Waals surface area contributed by atoms with Crippen LogP contribution in [0.3, 0.4) is 0 Å². The third-order valence-corrected chi connectivity index (χ3v) is 1.82. The zero-order valence-corrected chi connectivity index (χ0v) is 6.69. The summed E-state index contributed by atoms with van der Waals surface area (Å²) in [5.41, 5.74) is 0.735. The number of carbonyl (C=O) groups is 2. The quantitative estimate of drug-likeness (QED) is 0.514. The van der Waals surface area contributed by atoms with Crippen LogP contribution in [-0.2, 0) is 9.53 Å². The zero-order valence-electron chi connectivity index (χ0n) is 6.69. The third-order valence-electron chi connectivity index (χ3n) is 1.82. The Labute approximate surface area is 74.5 Å². The van der Waals surface area contributed by atoms with Crippen LogP contribution in [0.5, 0.6) is 0 Å². The summed E-state index contributed by atoms with van der Waals surface area (Å²) in [6, 6.07) is 8.31. The van der Waals surface area contributed by atoms with E-state index in [0.29, 0.717) is 0 Å². The van der Waals surface area contributed by atoms with E-state index in [2.05, 4.69) is 10.1 Å². The van der Waals surface area contributed by atoms with Crippen molar-refractivity contribution in [2.45, 2.75) is 6.04 Å². The SMILES string of the molecule is O=C1N[C@H](c2ccccc2)C(=O)O1. The largest absolute Gasteiger partial charge is 0.415 e. The summed E-state index contributed by atoms with van der Waals surface area (Å²) >= 11 is 0. The van der Waals surface area contributed by atoms with Gasteiger partial charge in [0.25, 0.3) is 0 Å². The van der Waals surface area contributed by atoms with Crippen molar-refractivity contribution in [3.05, 3.63) is 35.9 Å². The molecule has 1 amide bonds. The number of rotatable bonds is 1. The number of amides is 1. The minimum absolute atomic E-state index is 0.545. The molecule has 0 bridgehead atoms. The van der Waals surface area contributed by atoms with Gasteiger partial charge in [-0.2, -0.15) is 0 Å². The Hall–Kier alpha value is -1.84. The molecule has 1 saturated heterocycles. The predicted octanol–water partition coefficient (Wildman–Crippen LogP) is 0.994. The van der Waals surface area contributed by atoms with Crippen LogP contribution in [0.25, 0.3) is 0 Å². The fourth-order valence-corrected chi connectivity index (χ4v) is 1.22. The Morgan fingerprint density at radius 2 is 1.85 bits per heavy atom. The van der Waals surface area contributed by atoms with Crippen molar-refractivity contribution in [3.8, 4) is 0 Å². The molecule has 1 aromatic rings. The van der Waals surface area contributed by atoms with E-state index in [1.165, 1.54) is 0 Å². The molecule has 0 spiro atoms. The second-order valence-corrected chi connectivity index (χ2v) is 2.70. The fourth-order valence-electron chi connectivity index (χ4n) is 1.22. The third kappa shape index (κ3) is 1.38. The Bertz CT molecular complexity index is 347. The molecule has 1 N–H and O–H groups in total. The van der Waals surface area contributed by atoms with Crippen LogP contribution in [-0.4, -0.2) is 12.1 Å². The summed E-state index contributed by atoms with van der Waals surface area (Å²) in [7, 11) is 0. The van der Waals surface area contributed by atoms with Gasteiger partial charge in [-0.05, 0) is 5.56 Å². The summed E-state index contributed by atoms with van der Waals surface area (Å²) in [6.07, 6.45) is -0.682. The molecule has 1 aromatic carbocycles. The number of benzene rings is 1. The smallest absolute Gasteiger partial charge is 0.374 e. The van der Waals surface area contributed by atoms with Gasteiger partial charge in [-0.3, -0.25) is 0 Å². The van der Waals surface area contributed by atoms with Gasteiger partial charge < -0.3 is 10.1 Å². The molecule has 1 heterocycles. The molecule has 4 nitrogen and oxygen atoms in total. The van der Waals surface area contributed by atoms with E-state index in [9.17, 15) is 9.59 Å². The van der Waals surface area contributed by atoms with Gasteiger partial charge in [0.15, 0.2) is 6.04 Å². The lowest BCUT2D eigenvalue weighted by molar-refractivity contribution is -0.135. The van der Waals surface area contributed by atoms with Crippen LogP contribution in [0.2, 0.25) is 0 Å². The Kier molecular flexibility index (Phi) is 1.73. The minimum atomic E-state index is -0.682. The fraction of sp³-hybridized carbons (Fsp3) is 0.111. The number of hydrogen-bond donors (Lipinski definition) is 1. The van der Waals surface area contributed by atoms with Crippen LogP contribution in [0.4, 0.5) is 4.79 Å². The van der Waals surface area contributed by atoms with E-state index in [1.54, 1.807) is 24.3 Å². The van der Waals surface area contributed by atoms with E-state index in [0.717, 1.165) is 5.56 Å². The van der Waals surface area contributed by atoms with Gasteiger partial charge in [-0.1, -0.05) is 30.3 Å². The molecule has 2 rings (SSSR count). The van der Waals surface area contributed by atoms with Crippen molar-refractivity contribution < 1.29 is 14.3 Å². The normalized spacial score (nSPS) is 21.1. The molecular weight excluding hydrogens is 170 g/mol. The van der Waals surface area contributed by atoms with Crippen LogP contribution in [0.1, 0.15) is 11.6 Å². The van der Waals surface area contributed by atoms with Crippen LogP contribution in [0.15, 0.2) is 30.3 Å². The summed E-state index contributed by atoms with van der Waals surface area (Å²) < 4.78 is 4.34. The highest BCUT2D eigenvalue weighted by molar-refractivity contribution is 5.96. The molecule has 66 valence electrons. The van der Waals surface area contributed by atoms with Gasteiger partial charge in [0, 0.05) is 0 Å². The number of ether oxygens (including phenoxy) is 1. The summed E-state index contributed by atoms with van der Waals surface area (Å²) in [5.74, 6) is -0.545. The molecule has 0 aliphatic carbocycles. The number of esters is 1. The van der Waals surface area contributed by atoms with Crippen molar-refractivity contribution in [2.24, 2.45) is 0 Å². The first-order chi connectivity index (χ1) is 6.27. The maximum absolute atomic E-state index is 11.1. The first kappa shape index (κ1) is 7.79. The van der Waals surface area contributed by atoms with Crippen molar-refractivity contribution in [1.29, 1.82) is 0 Å². The lowest BCUT2D eigenvalue weighted by Crippen LogP contribution is -2.19. The van der Waals surface area contributed by atoms with E-state index in [4.69, 9.17) is 0 Å². The maximum Gasteiger partial charge on any atom is 0.415 e. The van der Waals surface area contributed by atoms with Crippen molar-refractivity contribution in [2.75, 3.05) is 0 Å².